The van der Waals surface area contributed by atoms with Crippen LogP contribution in [0.1, 0.15) is 12.5 Å². The van der Waals surface area contributed by atoms with Gasteiger partial charge in [0, 0.05) is 4.91 Å². The summed E-state index contributed by atoms with van der Waals surface area (Å²) in [6.07, 6.45) is 0. The second-order valence-electron chi connectivity index (χ2n) is 3.27. The third-order valence-corrected chi connectivity index (χ3v) is 5.11. The van der Waals surface area contributed by atoms with Gasteiger partial charge in [-0.2, -0.15) is 0 Å². The topological polar surface area (TPSA) is 20.2 Å². The molecule has 1 atom stereocenters. The van der Waals surface area contributed by atoms with E-state index >= 15 is 0 Å². The van der Waals surface area contributed by atoms with Crippen LogP contribution in [0.4, 0.5) is 0 Å². The van der Waals surface area contributed by atoms with E-state index in [0.29, 0.717) is 0 Å². The Bertz CT molecular complexity index is 348. The molecular formula is C11H12OS2. The van der Waals surface area contributed by atoms with Gasteiger partial charge < -0.3 is 5.11 Å². The Morgan fingerprint density at radius 3 is 2.57 bits per heavy atom. The minimum atomic E-state index is 0.0410. The van der Waals surface area contributed by atoms with Crippen LogP contribution in [0.25, 0.3) is 0 Å². The molecule has 0 radical (unpaired) electrons. The molecule has 1 aromatic rings. The van der Waals surface area contributed by atoms with Gasteiger partial charge in [-0.3, -0.25) is 0 Å². The van der Waals surface area contributed by atoms with Crippen LogP contribution in [-0.4, -0.2) is 11.7 Å². The summed E-state index contributed by atoms with van der Waals surface area (Å²) in [5.41, 5.74) is 1.30. The van der Waals surface area contributed by atoms with Crippen molar-refractivity contribution in [2.75, 3.05) is 6.61 Å². The zero-order valence-electron chi connectivity index (χ0n) is 7.93. The van der Waals surface area contributed by atoms with Crippen molar-refractivity contribution < 1.29 is 5.11 Å². The summed E-state index contributed by atoms with van der Waals surface area (Å²) in [5.74, 6) is 0. The largest absolute Gasteiger partial charge is 0.391 e. The predicted molar refractivity (Wildman–Crippen MR) is 64.1 cm³/mol. The van der Waals surface area contributed by atoms with E-state index in [9.17, 15) is 0 Å². The standard InChI is InChI=1S/C11H12OS2/c1-11(9-5-3-2-4-6-9)13-8-10(7-12)14-11/h2-6,8,12H,7H2,1H3. The van der Waals surface area contributed by atoms with Crippen LogP contribution in [-0.2, 0) is 4.08 Å². The van der Waals surface area contributed by atoms with E-state index in [-0.39, 0.29) is 10.7 Å². The van der Waals surface area contributed by atoms with Crippen molar-refractivity contribution in [3.8, 4) is 0 Å². The predicted octanol–water partition coefficient (Wildman–Crippen LogP) is 3.17. The van der Waals surface area contributed by atoms with Crippen molar-refractivity contribution in [2.45, 2.75) is 11.0 Å². The molecule has 0 aliphatic carbocycles. The fraction of sp³-hybridized carbons (Fsp3) is 0.273. The highest BCUT2D eigenvalue weighted by atomic mass is 32.2. The van der Waals surface area contributed by atoms with Gasteiger partial charge in [0.05, 0.1) is 10.7 Å². The Labute approximate surface area is 92.6 Å². The average molecular weight is 224 g/mol. The molecule has 1 unspecified atom stereocenters. The minimum absolute atomic E-state index is 0.0410. The van der Waals surface area contributed by atoms with Crippen molar-refractivity contribution in [3.63, 3.8) is 0 Å². The fourth-order valence-corrected chi connectivity index (χ4v) is 3.93. The lowest BCUT2D eigenvalue weighted by Crippen LogP contribution is -2.08. The van der Waals surface area contributed by atoms with Crippen molar-refractivity contribution in [3.05, 3.63) is 46.2 Å². The Balaban J connectivity index is 2.21. The molecule has 1 aromatic carbocycles. The molecule has 0 saturated carbocycles. The van der Waals surface area contributed by atoms with E-state index in [1.54, 1.807) is 23.5 Å². The molecule has 0 amide bonds. The van der Waals surface area contributed by atoms with Crippen LogP contribution < -0.4 is 0 Å². The van der Waals surface area contributed by atoms with Crippen molar-refractivity contribution in [1.29, 1.82) is 0 Å². The maximum absolute atomic E-state index is 9.04. The number of rotatable bonds is 2. The summed E-state index contributed by atoms with van der Waals surface area (Å²) in [6, 6.07) is 10.4. The Kier molecular flexibility index (Phi) is 2.91. The molecule has 14 heavy (non-hydrogen) atoms. The van der Waals surface area contributed by atoms with Gasteiger partial charge >= 0.3 is 0 Å². The van der Waals surface area contributed by atoms with Crippen molar-refractivity contribution in [2.24, 2.45) is 0 Å². The highest BCUT2D eigenvalue weighted by molar-refractivity contribution is 8.23. The summed E-state index contributed by atoms with van der Waals surface area (Å²) < 4.78 is 0.0410. The first-order valence-corrected chi connectivity index (χ1v) is 6.16. The summed E-state index contributed by atoms with van der Waals surface area (Å²) in [5, 5.41) is 11.1. The number of aliphatic hydroxyl groups is 1. The highest BCUT2D eigenvalue weighted by Gasteiger charge is 2.32. The highest BCUT2D eigenvalue weighted by Crippen LogP contribution is 2.55. The minimum Gasteiger partial charge on any atom is -0.391 e. The van der Waals surface area contributed by atoms with Gasteiger partial charge in [0.1, 0.15) is 0 Å². The van der Waals surface area contributed by atoms with Crippen molar-refractivity contribution in [1.82, 2.24) is 0 Å². The number of thioether (sulfide) groups is 2. The molecule has 3 heteroatoms. The third kappa shape index (κ3) is 1.85. The lowest BCUT2D eigenvalue weighted by atomic mass is 10.2. The quantitative estimate of drug-likeness (QED) is 0.833. The van der Waals surface area contributed by atoms with Crippen LogP contribution in [0.3, 0.4) is 0 Å². The maximum Gasteiger partial charge on any atom is 0.0917 e. The van der Waals surface area contributed by atoms with Gasteiger partial charge in [0.2, 0.25) is 0 Å². The van der Waals surface area contributed by atoms with E-state index in [4.69, 9.17) is 5.11 Å². The Morgan fingerprint density at radius 2 is 2.00 bits per heavy atom. The number of hydrogen-bond acceptors (Lipinski definition) is 3. The summed E-state index contributed by atoms with van der Waals surface area (Å²) >= 11 is 3.51. The molecule has 0 bridgehead atoms. The fourth-order valence-electron chi connectivity index (χ4n) is 1.41. The molecule has 1 nitrogen and oxygen atoms in total. The van der Waals surface area contributed by atoms with Crippen LogP contribution in [0.5, 0.6) is 0 Å². The van der Waals surface area contributed by atoms with Gasteiger partial charge in [-0.1, -0.05) is 30.3 Å². The molecule has 0 saturated heterocycles. The second-order valence-corrected chi connectivity index (χ2v) is 6.37. The SMILES string of the molecule is CC1(c2ccccc2)SC=C(CO)S1. The van der Waals surface area contributed by atoms with Crippen LogP contribution in [0.15, 0.2) is 40.6 Å². The normalized spacial score (nSPS) is 26.3. The summed E-state index contributed by atoms with van der Waals surface area (Å²) in [7, 11) is 0. The van der Waals surface area contributed by atoms with E-state index < -0.39 is 0 Å². The van der Waals surface area contributed by atoms with Gasteiger partial charge in [-0.15, -0.1) is 23.5 Å². The van der Waals surface area contributed by atoms with Gasteiger partial charge in [0.15, 0.2) is 0 Å². The van der Waals surface area contributed by atoms with Crippen molar-refractivity contribution >= 4 is 23.5 Å². The smallest absolute Gasteiger partial charge is 0.0917 e. The molecule has 1 aliphatic heterocycles. The first-order chi connectivity index (χ1) is 6.74. The summed E-state index contributed by atoms with van der Waals surface area (Å²) in [6.45, 7) is 2.34. The van der Waals surface area contributed by atoms with E-state index in [0.717, 1.165) is 4.91 Å². The lowest BCUT2D eigenvalue weighted by molar-refractivity contribution is 0.340. The van der Waals surface area contributed by atoms with Crippen LogP contribution in [0.2, 0.25) is 0 Å². The monoisotopic (exact) mass is 224 g/mol. The van der Waals surface area contributed by atoms with Gasteiger partial charge in [0.25, 0.3) is 0 Å². The van der Waals surface area contributed by atoms with E-state index in [1.165, 1.54) is 5.56 Å². The molecule has 1 aliphatic rings. The second kappa shape index (κ2) is 4.01. The maximum atomic E-state index is 9.04. The zero-order chi connectivity index (χ0) is 10.0. The first-order valence-electron chi connectivity index (χ1n) is 4.47. The number of hydrogen-bond donors (Lipinski definition) is 1. The van der Waals surface area contributed by atoms with Crippen LogP contribution >= 0.6 is 23.5 Å². The average Bonchev–Trinajstić information content (AvgIpc) is 2.63. The molecule has 2 rings (SSSR count). The van der Waals surface area contributed by atoms with Crippen LogP contribution in [0, 0.1) is 0 Å². The number of aliphatic hydroxyl groups excluding tert-OH is 1. The molecule has 1 heterocycles. The summed E-state index contributed by atoms with van der Waals surface area (Å²) in [4.78, 5) is 1.06. The molecular weight excluding hydrogens is 212 g/mol. The number of benzene rings is 1. The first kappa shape index (κ1) is 10.1. The Morgan fingerprint density at radius 1 is 1.29 bits per heavy atom. The molecule has 0 fully saturated rings. The molecule has 0 aromatic heterocycles. The zero-order valence-corrected chi connectivity index (χ0v) is 9.57. The molecule has 1 N–H and O–H groups in total. The third-order valence-electron chi connectivity index (χ3n) is 2.20. The van der Waals surface area contributed by atoms with E-state index in [2.05, 4.69) is 36.6 Å². The molecule has 0 spiro atoms. The van der Waals surface area contributed by atoms with Gasteiger partial charge in [-0.05, 0) is 17.9 Å². The van der Waals surface area contributed by atoms with Gasteiger partial charge in [-0.25, -0.2) is 0 Å². The Hall–Kier alpha value is -0.380. The molecule has 74 valence electrons. The lowest BCUT2D eigenvalue weighted by Gasteiger charge is -2.22. The van der Waals surface area contributed by atoms with E-state index in [1.807, 2.05) is 6.07 Å².